The van der Waals surface area contributed by atoms with E-state index in [0.29, 0.717) is 24.8 Å². The Morgan fingerprint density at radius 2 is 1.85 bits per heavy atom. The number of ether oxygens (including phenoxy) is 1. The molecule has 3 rings (SSSR count). The number of hydrogen-bond acceptors (Lipinski definition) is 7. The van der Waals surface area contributed by atoms with Gasteiger partial charge in [-0.2, -0.15) is 0 Å². The summed E-state index contributed by atoms with van der Waals surface area (Å²) in [6, 6.07) is 14.6. The Labute approximate surface area is 202 Å². The minimum atomic E-state index is -0.784. The zero-order valence-corrected chi connectivity index (χ0v) is 19.9. The Morgan fingerprint density at radius 3 is 2.50 bits per heavy atom. The second kappa shape index (κ2) is 11.7. The number of amides is 2. The van der Waals surface area contributed by atoms with E-state index in [0.717, 1.165) is 17.3 Å². The molecule has 1 aliphatic rings. The molecule has 0 bridgehead atoms. The lowest BCUT2D eigenvalue weighted by atomic mass is 10.0. The van der Waals surface area contributed by atoms with Crippen molar-refractivity contribution in [1.82, 2.24) is 10.2 Å². The van der Waals surface area contributed by atoms with Gasteiger partial charge in [0.05, 0.1) is 24.9 Å². The SMILES string of the molecule is COC(=O)[C@@H]1CC[C@H](c2cccc(O)c2)N1C(=O)CNC(=O)[C@H](Cc1ccccc1)SC(C)=O. The summed E-state index contributed by atoms with van der Waals surface area (Å²) in [6.07, 6.45) is 1.26. The summed E-state index contributed by atoms with van der Waals surface area (Å²) < 4.78 is 4.89. The average molecular weight is 485 g/mol. The predicted octanol–water partition coefficient (Wildman–Crippen LogP) is 2.60. The number of esters is 1. The highest BCUT2D eigenvalue weighted by molar-refractivity contribution is 8.14. The molecule has 0 unspecified atom stereocenters. The molecule has 1 heterocycles. The highest BCUT2D eigenvalue weighted by atomic mass is 32.2. The van der Waals surface area contributed by atoms with Crippen LogP contribution in [0.2, 0.25) is 0 Å². The van der Waals surface area contributed by atoms with Crippen molar-refractivity contribution in [3.8, 4) is 5.75 Å². The predicted molar refractivity (Wildman–Crippen MR) is 128 cm³/mol. The number of methoxy groups -OCH3 is 1. The smallest absolute Gasteiger partial charge is 0.328 e. The van der Waals surface area contributed by atoms with Crippen molar-refractivity contribution in [2.24, 2.45) is 0 Å². The van der Waals surface area contributed by atoms with Crippen LogP contribution in [0.5, 0.6) is 5.75 Å². The first-order valence-corrected chi connectivity index (χ1v) is 11.8. The molecule has 34 heavy (non-hydrogen) atoms. The summed E-state index contributed by atoms with van der Waals surface area (Å²) >= 11 is 0.917. The van der Waals surface area contributed by atoms with Crippen LogP contribution in [-0.4, -0.2) is 57.9 Å². The fourth-order valence-electron chi connectivity index (χ4n) is 4.17. The van der Waals surface area contributed by atoms with Crippen LogP contribution in [0.25, 0.3) is 0 Å². The summed E-state index contributed by atoms with van der Waals surface area (Å²) in [5, 5.41) is 11.6. The molecule has 180 valence electrons. The molecule has 2 aromatic rings. The Morgan fingerprint density at radius 1 is 1.12 bits per heavy atom. The van der Waals surface area contributed by atoms with Gasteiger partial charge in [0, 0.05) is 6.92 Å². The van der Waals surface area contributed by atoms with E-state index in [1.807, 2.05) is 30.3 Å². The molecule has 0 spiro atoms. The van der Waals surface area contributed by atoms with Crippen molar-refractivity contribution in [3.05, 3.63) is 65.7 Å². The number of thioether (sulfide) groups is 1. The second-order valence-electron chi connectivity index (χ2n) is 8.03. The minimum absolute atomic E-state index is 0.0599. The number of nitrogens with one attached hydrogen (secondary N) is 1. The van der Waals surface area contributed by atoms with Crippen molar-refractivity contribution in [3.63, 3.8) is 0 Å². The van der Waals surface area contributed by atoms with E-state index in [4.69, 9.17) is 4.74 Å². The maximum Gasteiger partial charge on any atom is 0.328 e. The van der Waals surface area contributed by atoms with Crippen LogP contribution in [0, 0.1) is 0 Å². The van der Waals surface area contributed by atoms with Gasteiger partial charge in [-0.05, 0) is 42.5 Å². The van der Waals surface area contributed by atoms with E-state index in [-0.39, 0.29) is 17.4 Å². The van der Waals surface area contributed by atoms with E-state index in [2.05, 4.69) is 5.32 Å². The van der Waals surface area contributed by atoms with Crippen LogP contribution < -0.4 is 5.32 Å². The van der Waals surface area contributed by atoms with Gasteiger partial charge >= 0.3 is 5.97 Å². The van der Waals surface area contributed by atoms with Crippen LogP contribution in [-0.2, 0) is 30.3 Å². The van der Waals surface area contributed by atoms with Crippen LogP contribution in [0.4, 0.5) is 0 Å². The standard InChI is InChI=1S/C25H28N2O6S/c1-16(28)34-22(13-17-7-4-3-5-8-17)24(31)26-15-23(30)27-20(11-12-21(27)25(32)33-2)18-9-6-10-19(29)14-18/h3-10,14,20-22,29H,11-13,15H2,1-2H3,(H,26,31)/t20-,21+,22+/m1/s1. The maximum absolute atomic E-state index is 13.2. The molecule has 1 fully saturated rings. The molecular weight excluding hydrogens is 456 g/mol. The molecule has 0 aliphatic carbocycles. The first-order chi connectivity index (χ1) is 16.3. The van der Waals surface area contributed by atoms with Gasteiger partial charge in [0.15, 0.2) is 5.12 Å². The molecule has 0 saturated carbocycles. The fraction of sp³-hybridized carbons (Fsp3) is 0.360. The Kier molecular flexibility index (Phi) is 8.70. The molecule has 3 atom stereocenters. The van der Waals surface area contributed by atoms with Gasteiger partial charge in [-0.15, -0.1) is 0 Å². The third-order valence-corrected chi connectivity index (χ3v) is 6.68. The number of aromatic hydroxyl groups is 1. The average Bonchev–Trinajstić information content (AvgIpc) is 3.27. The van der Waals surface area contributed by atoms with Gasteiger partial charge in [-0.3, -0.25) is 14.4 Å². The lowest BCUT2D eigenvalue weighted by Gasteiger charge is -2.29. The van der Waals surface area contributed by atoms with Crippen LogP contribution in [0.1, 0.15) is 36.9 Å². The number of carbonyl (C=O) groups excluding carboxylic acids is 4. The minimum Gasteiger partial charge on any atom is -0.508 e. The van der Waals surface area contributed by atoms with Gasteiger partial charge < -0.3 is 20.1 Å². The molecule has 0 radical (unpaired) electrons. The number of benzene rings is 2. The van der Waals surface area contributed by atoms with E-state index >= 15 is 0 Å². The van der Waals surface area contributed by atoms with Crippen molar-refractivity contribution < 1.29 is 29.0 Å². The Bertz CT molecular complexity index is 1040. The van der Waals surface area contributed by atoms with Gasteiger partial charge in [0.25, 0.3) is 0 Å². The molecule has 0 aromatic heterocycles. The molecule has 2 aromatic carbocycles. The lowest BCUT2D eigenvalue weighted by Crippen LogP contribution is -2.48. The first kappa shape index (κ1) is 25.3. The van der Waals surface area contributed by atoms with Crippen molar-refractivity contribution in [1.29, 1.82) is 0 Å². The summed E-state index contributed by atoms with van der Waals surface area (Å²) in [5.74, 6) is -1.35. The topological polar surface area (TPSA) is 113 Å². The van der Waals surface area contributed by atoms with Gasteiger partial charge in [0.1, 0.15) is 11.8 Å². The summed E-state index contributed by atoms with van der Waals surface area (Å²) in [7, 11) is 1.27. The van der Waals surface area contributed by atoms with E-state index < -0.39 is 35.1 Å². The largest absolute Gasteiger partial charge is 0.508 e. The van der Waals surface area contributed by atoms with Gasteiger partial charge in [0.2, 0.25) is 11.8 Å². The number of carbonyl (C=O) groups is 4. The normalized spacial score (nSPS) is 18.2. The number of phenols is 1. The number of likely N-dealkylation sites (tertiary alicyclic amines) is 1. The second-order valence-corrected chi connectivity index (χ2v) is 9.41. The number of hydrogen-bond donors (Lipinski definition) is 2. The van der Waals surface area contributed by atoms with E-state index in [9.17, 15) is 24.3 Å². The van der Waals surface area contributed by atoms with Crippen molar-refractivity contribution >= 4 is 34.7 Å². The molecular formula is C25H28N2O6S. The molecule has 2 N–H and O–H groups in total. The highest BCUT2D eigenvalue weighted by Crippen LogP contribution is 2.37. The molecule has 9 heteroatoms. The first-order valence-electron chi connectivity index (χ1n) is 11.0. The number of rotatable bonds is 8. The monoisotopic (exact) mass is 484 g/mol. The van der Waals surface area contributed by atoms with Crippen LogP contribution >= 0.6 is 11.8 Å². The Balaban J connectivity index is 1.73. The van der Waals surface area contributed by atoms with E-state index in [1.165, 1.54) is 25.0 Å². The van der Waals surface area contributed by atoms with Crippen molar-refractivity contribution in [2.75, 3.05) is 13.7 Å². The third-order valence-electron chi connectivity index (χ3n) is 5.68. The fourth-order valence-corrected chi connectivity index (χ4v) is 5.04. The highest BCUT2D eigenvalue weighted by Gasteiger charge is 2.42. The van der Waals surface area contributed by atoms with Crippen molar-refractivity contribution in [2.45, 2.75) is 43.5 Å². The molecule has 1 aliphatic heterocycles. The maximum atomic E-state index is 13.2. The van der Waals surface area contributed by atoms with Crippen LogP contribution in [0.3, 0.4) is 0 Å². The van der Waals surface area contributed by atoms with E-state index in [1.54, 1.807) is 18.2 Å². The summed E-state index contributed by atoms with van der Waals surface area (Å²) in [4.78, 5) is 51.6. The van der Waals surface area contributed by atoms with Gasteiger partial charge in [-0.25, -0.2) is 4.79 Å². The lowest BCUT2D eigenvalue weighted by molar-refractivity contribution is -0.152. The summed E-state index contributed by atoms with van der Waals surface area (Å²) in [6.45, 7) is 1.07. The molecule has 1 saturated heterocycles. The zero-order chi connectivity index (χ0) is 24.7. The molecule has 8 nitrogen and oxygen atoms in total. The third kappa shape index (κ3) is 6.38. The Hall–Kier alpha value is -3.33. The van der Waals surface area contributed by atoms with Crippen LogP contribution in [0.15, 0.2) is 54.6 Å². The number of nitrogens with zero attached hydrogens (tertiary/aromatic N) is 1. The van der Waals surface area contributed by atoms with Gasteiger partial charge in [-0.1, -0.05) is 54.2 Å². The quantitative estimate of drug-likeness (QED) is 0.554. The molecule has 2 amide bonds. The number of phenolic OH excluding ortho intramolecular Hbond substituents is 1. The summed E-state index contributed by atoms with van der Waals surface area (Å²) in [5.41, 5.74) is 1.59. The zero-order valence-electron chi connectivity index (χ0n) is 19.1.